The second-order valence-electron chi connectivity index (χ2n) is 7.61. The average molecular weight is 371 g/mol. The summed E-state index contributed by atoms with van der Waals surface area (Å²) in [5.74, 6) is 0.140. The number of benzene rings is 2. The van der Waals surface area contributed by atoms with Crippen molar-refractivity contribution in [2.45, 2.75) is 58.3 Å². The van der Waals surface area contributed by atoms with Crippen LogP contribution in [0.2, 0.25) is 0 Å². The summed E-state index contributed by atoms with van der Waals surface area (Å²) in [6, 6.07) is 11.9. The van der Waals surface area contributed by atoms with E-state index < -0.39 is 17.5 Å². The number of nitrogens with one attached hydrogen (secondary N) is 1. The molecule has 1 aliphatic rings. The highest BCUT2D eigenvalue weighted by Gasteiger charge is 2.35. The lowest BCUT2D eigenvalue weighted by molar-refractivity contribution is -0.129. The maximum atomic E-state index is 13.9. The molecule has 1 amide bonds. The third-order valence-electron chi connectivity index (χ3n) is 4.71. The maximum absolute atomic E-state index is 13.9. The molecule has 0 spiro atoms. The number of amides is 1. The first kappa shape index (κ1) is 19.2. The number of aryl methyl sites for hydroxylation is 1. The van der Waals surface area contributed by atoms with E-state index in [-0.39, 0.29) is 17.7 Å². The number of carbonyl (C=O) groups is 1. The van der Waals surface area contributed by atoms with E-state index >= 15 is 0 Å². The van der Waals surface area contributed by atoms with Crippen LogP contribution in [0.1, 0.15) is 50.8 Å². The van der Waals surface area contributed by atoms with Crippen LogP contribution in [0.3, 0.4) is 0 Å². The number of hydrogen-bond acceptors (Lipinski definition) is 3. The van der Waals surface area contributed by atoms with Crippen LogP contribution in [0.4, 0.5) is 4.39 Å². The third-order valence-corrected chi connectivity index (χ3v) is 4.71. The van der Waals surface area contributed by atoms with Gasteiger partial charge in [0, 0.05) is 12.0 Å². The van der Waals surface area contributed by atoms with Crippen LogP contribution in [-0.2, 0) is 4.79 Å². The summed E-state index contributed by atoms with van der Waals surface area (Å²) in [6.07, 6.45) is 0.319. The molecule has 0 fully saturated rings. The smallest absolute Gasteiger partial charge is 0.261 e. The molecule has 5 heteroatoms. The van der Waals surface area contributed by atoms with Gasteiger partial charge in [0.05, 0.1) is 6.04 Å². The van der Waals surface area contributed by atoms with Crippen molar-refractivity contribution < 1.29 is 18.7 Å². The zero-order valence-electron chi connectivity index (χ0n) is 16.2. The zero-order chi connectivity index (χ0) is 19.6. The van der Waals surface area contributed by atoms with E-state index in [0.29, 0.717) is 12.8 Å². The molecule has 0 radical (unpaired) electrons. The second kappa shape index (κ2) is 7.59. The van der Waals surface area contributed by atoms with Gasteiger partial charge in [-0.3, -0.25) is 4.79 Å². The Labute approximate surface area is 159 Å². The van der Waals surface area contributed by atoms with Crippen molar-refractivity contribution in [1.82, 2.24) is 5.32 Å². The fraction of sp³-hybridized carbons (Fsp3) is 0.409. The van der Waals surface area contributed by atoms with Crippen molar-refractivity contribution in [3.8, 4) is 11.5 Å². The molecule has 2 aromatic carbocycles. The van der Waals surface area contributed by atoms with Gasteiger partial charge >= 0.3 is 0 Å². The van der Waals surface area contributed by atoms with Gasteiger partial charge in [-0.2, -0.15) is 0 Å². The summed E-state index contributed by atoms with van der Waals surface area (Å²) < 4.78 is 25.6. The van der Waals surface area contributed by atoms with Crippen LogP contribution in [0, 0.1) is 12.7 Å². The summed E-state index contributed by atoms with van der Waals surface area (Å²) >= 11 is 0. The van der Waals surface area contributed by atoms with Crippen molar-refractivity contribution in [3.05, 3.63) is 59.4 Å². The number of rotatable bonds is 5. The van der Waals surface area contributed by atoms with Gasteiger partial charge in [0.25, 0.3) is 5.91 Å². The molecule has 1 heterocycles. The minimum Gasteiger partial charge on any atom is -0.487 e. The summed E-state index contributed by atoms with van der Waals surface area (Å²) in [6.45, 7) is 7.86. The molecule has 0 saturated carbocycles. The first-order chi connectivity index (χ1) is 12.8. The Morgan fingerprint density at radius 3 is 2.78 bits per heavy atom. The SMILES string of the molecule is CCC(Oc1ccccc1F)C(=O)NC1CC(C)(C)Oc2ccc(C)cc21. The van der Waals surface area contributed by atoms with Gasteiger partial charge in [0.15, 0.2) is 17.7 Å². The highest BCUT2D eigenvalue weighted by molar-refractivity contribution is 5.81. The fourth-order valence-electron chi connectivity index (χ4n) is 3.38. The monoisotopic (exact) mass is 371 g/mol. The van der Waals surface area contributed by atoms with E-state index in [1.165, 1.54) is 12.1 Å². The van der Waals surface area contributed by atoms with Gasteiger partial charge in [0.1, 0.15) is 11.4 Å². The quantitative estimate of drug-likeness (QED) is 0.828. The molecule has 0 saturated heterocycles. The topological polar surface area (TPSA) is 47.6 Å². The molecule has 2 unspecified atom stereocenters. The highest BCUT2D eigenvalue weighted by Crippen LogP contribution is 2.40. The molecule has 2 aromatic rings. The molecular weight excluding hydrogens is 345 g/mol. The lowest BCUT2D eigenvalue weighted by Crippen LogP contribution is -2.45. The molecule has 144 valence electrons. The van der Waals surface area contributed by atoms with Crippen LogP contribution >= 0.6 is 0 Å². The first-order valence-corrected chi connectivity index (χ1v) is 9.30. The largest absolute Gasteiger partial charge is 0.487 e. The van der Waals surface area contributed by atoms with E-state index in [0.717, 1.165) is 16.9 Å². The van der Waals surface area contributed by atoms with Gasteiger partial charge < -0.3 is 14.8 Å². The van der Waals surface area contributed by atoms with Crippen molar-refractivity contribution >= 4 is 5.91 Å². The van der Waals surface area contributed by atoms with Crippen LogP contribution < -0.4 is 14.8 Å². The Balaban J connectivity index is 1.80. The number of fused-ring (bicyclic) bond motifs is 1. The number of carbonyl (C=O) groups excluding carboxylic acids is 1. The maximum Gasteiger partial charge on any atom is 0.261 e. The third kappa shape index (κ3) is 4.41. The van der Waals surface area contributed by atoms with Crippen LogP contribution in [0.15, 0.2) is 42.5 Å². The second-order valence-corrected chi connectivity index (χ2v) is 7.61. The minimum absolute atomic E-state index is 0.0862. The van der Waals surface area contributed by atoms with Crippen molar-refractivity contribution in [2.24, 2.45) is 0 Å². The van der Waals surface area contributed by atoms with Crippen molar-refractivity contribution in [1.29, 1.82) is 0 Å². The van der Waals surface area contributed by atoms with E-state index in [1.807, 2.05) is 45.9 Å². The van der Waals surface area contributed by atoms with Crippen LogP contribution in [0.5, 0.6) is 11.5 Å². The molecular formula is C22H26FNO3. The molecule has 4 nitrogen and oxygen atoms in total. The Hall–Kier alpha value is -2.56. The summed E-state index contributed by atoms with van der Waals surface area (Å²) in [4.78, 5) is 12.9. The standard InChI is InChI=1S/C22H26FNO3/c1-5-18(26-20-9-7-6-8-16(20)23)21(25)24-17-13-22(3,4)27-19-11-10-14(2)12-15(17)19/h6-12,17-18H,5,13H2,1-4H3,(H,24,25). The van der Waals surface area contributed by atoms with E-state index in [4.69, 9.17) is 9.47 Å². The predicted octanol–water partition coefficient (Wildman–Crippen LogP) is 4.71. The Morgan fingerprint density at radius 1 is 1.33 bits per heavy atom. The number of halogens is 1. The predicted molar refractivity (Wildman–Crippen MR) is 102 cm³/mol. The summed E-state index contributed by atoms with van der Waals surface area (Å²) in [5.41, 5.74) is 1.67. The Morgan fingerprint density at radius 2 is 2.07 bits per heavy atom. The van der Waals surface area contributed by atoms with Gasteiger partial charge in [-0.15, -0.1) is 0 Å². The molecule has 3 rings (SSSR count). The van der Waals surface area contributed by atoms with Crippen LogP contribution in [-0.4, -0.2) is 17.6 Å². The van der Waals surface area contributed by atoms with E-state index in [2.05, 4.69) is 5.32 Å². The van der Waals surface area contributed by atoms with Gasteiger partial charge in [-0.1, -0.05) is 36.8 Å². The fourth-order valence-corrected chi connectivity index (χ4v) is 3.38. The minimum atomic E-state index is -0.763. The molecule has 0 aromatic heterocycles. The lowest BCUT2D eigenvalue weighted by atomic mass is 9.88. The van der Waals surface area contributed by atoms with Crippen molar-refractivity contribution in [3.63, 3.8) is 0 Å². The summed E-state index contributed by atoms with van der Waals surface area (Å²) in [5, 5.41) is 3.08. The average Bonchev–Trinajstić information content (AvgIpc) is 2.61. The van der Waals surface area contributed by atoms with Crippen molar-refractivity contribution in [2.75, 3.05) is 0 Å². The Bertz CT molecular complexity index is 834. The lowest BCUT2D eigenvalue weighted by Gasteiger charge is -2.38. The first-order valence-electron chi connectivity index (χ1n) is 9.30. The zero-order valence-corrected chi connectivity index (χ0v) is 16.2. The molecule has 1 aliphatic heterocycles. The highest BCUT2D eigenvalue weighted by atomic mass is 19.1. The van der Waals surface area contributed by atoms with E-state index in [9.17, 15) is 9.18 Å². The summed E-state index contributed by atoms with van der Waals surface area (Å²) in [7, 11) is 0. The van der Waals surface area contributed by atoms with Gasteiger partial charge in [-0.25, -0.2) is 4.39 Å². The van der Waals surface area contributed by atoms with E-state index in [1.54, 1.807) is 12.1 Å². The van der Waals surface area contributed by atoms with Gasteiger partial charge in [-0.05, 0) is 45.4 Å². The number of ether oxygens (including phenoxy) is 2. The molecule has 2 atom stereocenters. The van der Waals surface area contributed by atoms with Crippen LogP contribution in [0.25, 0.3) is 0 Å². The molecule has 1 N–H and O–H groups in total. The number of hydrogen-bond donors (Lipinski definition) is 1. The number of para-hydroxylation sites is 1. The molecule has 0 bridgehead atoms. The molecule has 27 heavy (non-hydrogen) atoms. The normalized spacial score (nSPS) is 18.8. The van der Waals surface area contributed by atoms with Gasteiger partial charge in [0.2, 0.25) is 0 Å². The molecule has 0 aliphatic carbocycles. The Kier molecular flexibility index (Phi) is 5.40.